The highest BCUT2D eigenvalue weighted by Crippen LogP contribution is 2.29. The third kappa shape index (κ3) is 2.44. The summed E-state index contributed by atoms with van der Waals surface area (Å²) >= 11 is 0. The van der Waals surface area contributed by atoms with Crippen molar-refractivity contribution >= 4 is 0 Å². The molecule has 3 nitrogen and oxygen atoms in total. The highest BCUT2D eigenvalue weighted by molar-refractivity contribution is 5.75. The molecule has 1 aromatic carbocycles. The SMILES string of the molecule is OCc1ccc(-c2ccncc2)cc1-c1ccncc1. The fraction of sp³-hybridized carbons (Fsp3) is 0.0588. The van der Waals surface area contributed by atoms with Gasteiger partial charge in [0.05, 0.1) is 6.61 Å². The molecule has 3 rings (SSSR count). The average molecular weight is 262 g/mol. The maximum Gasteiger partial charge on any atom is 0.0687 e. The molecule has 2 heterocycles. The second-order valence-electron chi connectivity index (χ2n) is 4.50. The number of nitrogens with zero attached hydrogens (tertiary/aromatic N) is 2. The van der Waals surface area contributed by atoms with Gasteiger partial charge in [-0.25, -0.2) is 0 Å². The number of benzene rings is 1. The maximum absolute atomic E-state index is 9.52. The van der Waals surface area contributed by atoms with Gasteiger partial charge in [-0.1, -0.05) is 12.1 Å². The Labute approximate surface area is 117 Å². The molecule has 3 aromatic rings. The lowest BCUT2D eigenvalue weighted by atomic mass is 9.96. The Balaban J connectivity index is 2.13. The average Bonchev–Trinajstić information content (AvgIpc) is 2.56. The molecule has 0 aliphatic heterocycles. The van der Waals surface area contributed by atoms with Crippen LogP contribution in [0, 0.1) is 0 Å². The quantitative estimate of drug-likeness (QED) is 0.787. The maximum atomic E-state index is 9.52. The van der Waals surface area contributed by atoms with Crippen LogP contribution in [0.5, 0.6) is 0 Å². The molecule has 0 aliphatic carbocycles. The van der Waals surface area contributed by atoms with Crippen LogP contribution in [0.1, 0.15) is 5.56 Å². The van der Waals surface area contributed by atoms with Crippen LogP contribution in [0.4, 0.5) is 0 Å². The summed E-state index contributed by atoms with van der Waals surface area (Å²) in [4.78, 5) is 8.07. The van der Waals surface area contributed by atoms with Crippen LogP contribution < -0.4 is 0 Å². The Morgan fingerprint density at radius 1 is 0.700 bits per heavy atom. The standard InChI is InChI=1S/C17H14N2O/c20-12-16-2-1-15(13-3-7-18-8-4-13)11-17(16)14-5-9-19-10-6-14/h1-11,20H,12H2. The van der Waals surface area contributed by atoms with Crippen molar-refractivity contribution in [2.45, 2.75) is 6.61 Å². The summed E-state index contributed by atoms with van der Waals surface area (Å²) in [6.07, 6.45) is 7.08. The van der Waals surface area contributed by atoms with E-state index >= 15 is 0 Å². The number of aliphatic hydroxyl groups excluding tert-OH is 1. The molecule has 98 valence electrons. The third-order valence-corrected chi connectivity index (χ3v) is 3.29. The number of hydrogen-bond acceptors (Lipinski definition) is 3. The summed E-state index contributed by atoms with van der Waals surface area (Å²) in [6, 6.07) is 13.9. The second-order valence-corrected chi connectivity index (χ2v) is 4.50. The summed E-state index contributed by atoms with van der Waals surface area (Å²) in [5.41, 5.74) is 5.22. The Kier molecular flexibility index (Phi) is 3.52. The Morgan fingerprint density at radius 2 is 1.30 bits per heavy atom. The molecular formula is C17H14N2O. The molecule has 0 aliphatic rings. The van der Waals surface area contributed by atoms with Gasteiger partial charge in [-0.2, -0.15) is 0 Å². The van der Waals surface area contributed by atoms with Gasteiger partial charge < -0.3 is 5.11 Å². The van der Waals surface area contributed by atoms with Crippen molar-refractivity contribution in [2.75, 3.05) is 0 Å². The zero-order valence-electron chi connectivity index (χ0n) is 10.9. The monoisotopic (exact) mass is 262 g/mol. The van der Waals surface area contributed by atoms with E-state index in [2.05, 4.69) is 16.0 Å². The van der Waals surface area contributed by atoms with E-state index in [-0.39, 0.29) is 6.61 Å². The number of rotatable bonds is 3. The molecule has 0 radical (unpaired) electrons. The molecule has 3 heteroatoms. The van der Waals surface area contributed by atoms with Gasteiger partial charge in [0.2, 0.25) is 0 Å². The first kappa shape index (κ1) is 12.5. The van der Waals surface area contributed by atoms with Crippen LogP contribution in [-0.2, 0) is 6.61 Å². The first-order chi connectivity index (χ1) is 9.88. The van der Waals surface area contributed by atoms with Crippen molar-refractivity contribution in [3.63, 3.8) is 0 Å². The lowest BCUT2D eigenvalue weighted by Crippen LogP contribution is -1.91. The van der Waals surface area contributed by atoms with Gasteiger partial charge >= 0.3 is 0 Å². The van der Waals surface area contributed by atoms with E-state index in [1.807, 2.05) is 36.4 Å². The van der Waals surface area contributed by atoms with Gasteiger partial charge in [0.15, 0.2) is 0 Å². The van der Waals surface area contributed by atoms with Gasteiger partial charge in [-0.05, 0) is 58.1 Å². The fourth-order valence-electron chi connectivity index (χ4n) is 2.24. The third-order valence-electron chi connectivity index (χ3n) is 3.29. The van der Waals surface area contributed by atoms with Gasteiger partial charge in [0.25, 0.3) is 0 Å². The van der Waals surface area contributed by atoms with Gasteiger partial charge in [-0.3, -0.25) is 9.97 Å². The van der Waals surface area contributed by atoms with Crippen LogP contribution >= 0.6 is 0 Å². The molecule has 0 saturated carbocycles. The van der Waals surface area contributed by atoms with Crippen LogP contribution in [0.2, 0.25) is 0 Å². The highest BCUT2D eigenvalue weighted by atomic mass is 16.3. The van der Waals surface area contributed by atoms with Crippen molar-refractivity contribution in [1.82, 2.24) is 9.97 Å². The van der Waals surface area contributed by atoms with Crippen molar-refractivity contribution in [1.29, 1.82) is 0 Å². The van der Waals surface area contributed by atoms with Gasteiger partial charge in [0.1, 0.15) is 0 Å². The van der Waals surface area contributed by atoms with Crippen molar-refractivity contribution in [3.8, 4) is 22.3 Å². The molecule has 0 fully saturated rings. The van der Waals surface area contributed by atoms with E-state index in [4.69, 9.17) is 0 Å². The Bertz CT molecular complexity index is 697. The lowest BCUT2D eigenvalue weighted by Gasteiger charge is -2.10. The molecule has 1 N–H and O–H groups in total. The predicted octanol–water partition coefficient (Wildman–Crippen LogP) is 3.30. The minimum absolute atomic E-state index is 0.0221. The zero-order chi connectivity index (χ0) is 13.8. The highest BCUT2D eigenvalue weighted by Gasteiger charge is 2.07. The summed E-state index contributed by atoms with van der Waals surface area (Å²) < 4.78 is 0. The van der Waals surface area contributed by atoms with Crippen LogP contribution in [0.15, 0.2) is 67.3 Å². The summed E-state index contributed by atoms with van der Waals surface area (Å²) in [5.74, 6) is 0. The first-order valence-electron chi connectivity index (χ1n) is 6.43. The van der Waals surface area contributed by atoms with Crippen molar-refractivity contribution in [3.05, 3.63) is 72.8 Å². The molecular weight excluding hydrogens is 248 g/mol. The molecule has 20 heavy (non-hydrogen) atoms. The smallest absolute Gasteiger partial charge is 0.0687 e. The second kappa shape index (κ2) is 5.63. The van der Waals surface area contributed by atoms with Gasteiger partial charge in [-0.15, -0.1) is 0 Å². The number of aliphatic hydroxyl groups is 1. The van der Waals surface area contributed by atoms with Crippen molar-refractivity contribution < 1.29 is 5.11 Å². The lowest BCUT2D eigenvalue weighted by molar-refractivity contribution is 0.282. The fourth-order valence-corrected chi connectivity index (χ4v) is 2.24. The van der Waals surface area contributed by atoms with E-state index in [0.29, 0.717) is 0 Å². The van der Waals surface area contributed by atoms with E-state index < -0.39 is 0 Å². The first-order valence-corrected chi connectivity index (χ1v) is 6.43. The molecule has 0 bridgehead atoms. The van der Waals surface area contributed by atoms with Gasteiger partial charge in [0, 0.05) is 24.8 Å². The topological polar surface area (TPSA) is 46.0 Å². The van der Waals surface area contributed by atoms with Crippen LogP contribution in [0.3, 0.4) is 0 Å². The Hall–Kier alpha value is -2.52. The summed E-state index contributed by atoms with van der Waals surface area (Å²) in [7, 11) is 0. The van der Waals surface area contributed by atoms with Crippen LogP contribution in [-0.4, -0.2) is 15.1 Å². The molecule has 0 unspecified atom stereocenters. The minimum Gasteiger partial charge on any atom is -0.392 e. The van der Waals surface area contributed by atoms with Crippen molar-refractivity contribution in [2.24, 2.45) is 0 Å². The van der Waals surface area contributed by atoms with E-state index in [9.17, 15) is 5.11 Å². The summed E-state index contributed by atoms with van der Waals surface area (Å²) in [6.45, 7) is 0.0221. The molecule has 0 atom stereocenters. The zero-order valence-corrected chi connectivity index (χ0v) is 10.9. The largest absolute Gasteiger partial charge is 0.392 e. The van der Waals surface area contributed by atoms with Crippen LogP contribution in [0.25, 0.3) is 22.3 Å². The van der Waals surface area contributed by atoms with E-state index in [1.54, 1.807) is 24.8 Å². The Morgan fingerprint density at radius 3 is 1.90 bits per heavy atom. The molecule has 2 aromatic heterocycles. The van der Waals surface area contributed by atoms with E-state index in [1.165, 1.54) is 0 Å². The normalized spacial score (nSPS) is 10.4. The minimum atomic E-state index is 0.0221. The predicted molar refractivity (Wildman–Crippen MR) is 78.8 cm³/mol. The van der Waals surface area contributed by atoms with E-state index in [0.717, 1.165) is 27.8 Å². The molecule has 0 saturated heterocycles. The summed E-state index contributed by atoms with van der Waals surface area (Å²) in [5, 5.41) is 9.52. The number of pyridine rings is 2. The molecule has 0 amide bonds. The number of hydrogen-bond donors (Lipinski definition) is 1. The molecule has 0 spiro atoms. The number of aromatic nitrogens is 2.